The quantitative estimate of drug-likeness (QED) is 0.803. The molecule has 20 heavy (non-hydrogen) atoms. The first-order valence-electron chi connectivity index (χ1n) is 6.04. The van der Waals surface area contributed by atoms with Gasteiger partial charge >= 0.3 is 0 Å². The van der Waals surface area contributed by atoms with Crippen LogP contribution in [0.5, 0.6) is 0 Å². The van der Waals surface area contributed by atoms with E-state index in [1.807, 2.05) is 0 Å². The van der Waals surface area contributed by atoms with Crippen LogP contribution in [0.1, 0.15) is 18.0 Å². The summed E-state index contributed by atoms with van der Waals surface area (Å²) in [6, 6.07) is 3.69. The number of rotatable bonds is 5. The highest BCUT2D eigenvalue weighted by Crippen LogP contribution is 2.19. The summed E-state index contributed by atoms with van der Waals surface area (Å²) in [5.41, 5.74) is 5.51. The van der Waals surface area contributed by atoms with Gasteiger partial charge in [0, 0.05) is 6.61 Å². The van der Waals surface area contributed by atoms with Crippen LogP contribution in [0.2, 0.25) is 0 Å². The van der Waals surface area contributed by atoms with Crippen LogP contribution in [0.3, 0.4) is 0 Å². The number of hydrogen-bond acceptors (Lipinski definition) is 4. The van der Waals surface area contributed by atoms with Crippen molar-refractivity contribution in [2.75, 3.05) is 13.2 Å². The van der Waals surface area contributed by atoms with Crippen LogP contribution >= 0.6 is 0 Å². The molecule has 1 aliphatic heterocycles. The smallest absolute Gasteiger partial charge is 0.240 e. The van der Waals surface area contributed by atoms with Crippen molar-refractivity contribution in [1.29, 1.82) is 0 Å². The third kappa shape index (κ3) is 3.33. The zero-order valence-corrected chi connectivity index (χ0v) is 11.4. The summed E-state index contributed by atoms with van der Waals surface area (Å²) in [7, 11) is -3.73. The van der Waals surface area contributed by atoms with Crippen LogP contribution < -0.4 is 10.5 Å². The molecule has 2 unspecified atom stereocenters. The fraction of sp³-hybridized carbons (Fsp3) is 0.417. The van der Waals surface area contributed by atoms with Crippen molar-refractivity contribution in [3.05, 3.63) is 35.6 Å². The van der Waals surface area contributed by atoms with Gasteiger partial charge in [0.2, 0.25) is 15.9 Å². The largest absolute Gasteiger partial charge is 0.380 e. The summed E-state index contributed by atoms with van der Waals surface area (Å²) in [6.07, 6.45) is 0.365. The molecule has 0 bridgehead atoms. The average Bonchev–Trinajstić information content (AvgIpc) is 2.91. The van der Waals surface area contributed by atoms with Gasteiger partial charge in [0.15, 0.2) is 0 Å². The van der Waals surface area contributed by atoms with Gasteiger partial charge in [-0.15, -0.1) is 0 Å². The molecule has 1 heterocycles. The van der Waals surface area contributed by atoms with Gasteiger partial charge in [-0.25, -0.2) is 12.8 Å². The number of benzene rings is 1. The van der Waals surface area contributed by atoms with Gasteiger partial charge in [-0.3, -0.25) is 4.79 Å². The molecule has 0 spiro atoms. The molecular weight excluding hydrogens is 287 g/mol. The van der Waals surface area contributed by atoms with Crippen molar-refractivity contribution in [3.63, 3.8) is 0 Å². The van der Waals surface area contributed by atoms with E-state index < -0.39 is 33.0 Å². The molecule has 6 nitrogen and oxygen atoms in total. The Kier molecular flexibility index (Phi) is 4.36. The van der Waals surface area contributed by atoms with Crippen LogP contribution in [0.4, 0.5) is 4.39 Å². The monoisotopic (exact) mass is 302 g/mol. The molecule has 0 aromatic heterocycles. The number of ether oxygens (including phenoxy) is 1. The maximum Gasteiger partial charge on any atom is 0.240 e. The fourth-order valence-corrected chi connectivity index (χ4v) is 3.42. The molecule has 2 atom stereocenters. The van der Waals surface area contributed by atoms with Crippen molar-refractivity contribution in [3.8, 4) is 0 Å². The van der Waals surface area contributed by atoms with Crippen LogP contribution in [0, 0.1) is 5.82 Å². The normalized spacial score (nSPS) is 20.8. The molecule has 1 amide bonds. The van der Waals surface area contributed by atoms with Gasteiger partial charge in [0.05, 0.1) is 6.61 Å². The number of hydrogen-bond donors (Lipinski definition) is 2. The lowest BCUT2D eigenvalue weighted by atomic mass is 10.1. The van der Waals surface area contributed by atoms with Crippen molar-refractivity contribution in [1.82, 2.24) is 4.72 Å². The minimum atomic E-state index is -3.73. The Hall–Kier alpha value is -1.51. The number of halogens is 1. The second-order valence-corrected chi connectivity index (χ2v) is 6.53. The van der Waals surface area contributed by atoms with Gasteiger partial charge in [0.1, 0.15) is 17.1 Å². The van der Waals surface area contributed by atoms with Gasteiger partial charge < -0.3 is 10.5 Å². The molecule has 1 aromatic rings. The number of carbonyl (C=O) groups is 1. The molecule has 2 rings (SSSR count). The Labute approximate surface area is 116 Å². The molecule has 0 radical (unpaired) electrons. The molecule has 0 saturated carbocycles. The third-order valence-corrected chi connectivity index (χ3v) is 4.91. The maximum absolute atomic E-state index is 12.9. The van der Waals surface area contributed by atoms with E-state index in [9.17, 15) is 17.6 Å². The highest BCUT2D eigenvalue weighted by molar-refractivity contribution is 7.90. The molecule has 8 heteroatoms. The first-order chi connectivity index (χ1) is 9.40. The number of amides is 1. The van der Waals surface area contributed by atoms with E-state index in [4.69, 9.17) is 10.5 Å². The van der Waals surface area contributed by atoms with Gasteiger partial charge in [-0.1, -0.05) is 12.1 Å². The second-order valence-electron chi connectivity index (χ2n) is 4.54. The number of nitrogens with one attached hydrogen (secondary N) is 1. The van der Waals surface area contributed by atoms with Crippen LogP contribution in [-0.2, 0) is 19.6 Å². The van der Waals surface area contributed by atoms with E-state index in [0.717, 1.165) is 12.1 Å². The van der Waals surface area contributed by atoms with E-state index in [0.29, 0.717) is 18.6 Å². The highest BCUT2D eigenvalue weighted by atomic mass is 32.2. The lowest BCUT2D eigenvalue weighted by molar-refractivity contribution is -0.119. The fourth-order valence-electron chi connectivity index (χ4n) is 1.96. The third-order valence-electron chi connectivity index (χ3n) is 3.10. The Balaban J connectivity index is 2.21. The van der Waals surface area contributed by atoms with Gasteiger partial charge in [0.25, 0.3) is 0 Å². The molecule has 1 aromatic carbocycles. The van der Waals surface area contributed by atoms with Crippen LogP contribution in [0.25, 0.3) is 0 Å². The van der Waals surface area contributed by atoms with E-state index >= 15 is 0 Å². The summed E-state index contributed by atoms with van der Waals surface area (Å²) in [6.45, 7) is 0.452. The number of carbonyl (C=O) groups excluding carboxylic acids is 1. The van der Waals surface area contributed by atoms with E-state index in [1.165, 1.54) is 12.1 Å². The van der Waals surface area contributed by atoms with E-state index in [-0.39, 0.29) is 6.61 Å². The molecule has 3 N–H and O–H groups in total. The maximum atomic E-state index is 12.9. The number of primary amides is 1. The standard InChI is InChI=1S/C12H15FN2O4S/c13-9-3-1-8(2-4-9)11(12(14)16)15-20(17,18)10-5-6-19-7-10/h1-4,10-11,15H,5-7H2,(H2,14,16). The topological polar surface area (TPSA) is 98.5 Å². The molecule has 1 aliphatic rings. The van der Waals surface area contributed by atoms with Crippen molar-refractivity contribution in [2.24, 2.45) is 5.73 Å². The molecular formula is C12H15FN2O4S. The van der Waals surface area contributed by atoms with Crippen LogP contribution in [-0.4, -0.2) is 32.8 Å². The molecule has 1 fully saturated rings. The first-order valence-corrected chi connectivity index (χ1v) is 7.58. The predicted molar refractivity (Wildman–Crippen MR) is 69.6 cm³/mol. The Morgan fingerprint density at radius 2 is 2.05 bits per heavy atom. The zero-order valence-electron chi connectivity index (χ0n) is 10.6. The number of sulfonamides is 1. The summed E-state index contributed by atoms with van der Waals surface area (Å²) < 4.78 is 44.4. The lowest BCUT2D eigenvalue weighted by Crippen LogP contribution is -2.42. The molecule has 1 saturated heterocycles. The average molecular weight is 302 g/mol. The molecule has 110 valence electrons. The first kappa shape index (κ1) is 14.9. The van der Waals surface area contributed by atoms with Crippen molar-refractivity contribution >= 4 is 15.9 Å². The lowest BCUT2D eigenvalue weighted by Gasteiger charge is -2.18. The number of nitrogens with two attached hydrogens (primary N) is 1. The van der Waals surface area contributed by atoms with E-state index in [2.05, 4.69) is 4.72 Å². The van der Waals surface area contributed by atoms with Crippen molar-refractivity contribution < 1.29 is 22.3 Å². The van der Waals surface area contributed by atoms with Gasteiger partial charge in [-0.05, 0) is 24.1 Å². The van der Waals surface area contributed by atoms with Crippen LogP contribution in [0.15, 0.2) is 24.3 Å². The summed E-state index contributed by atoms with van der Waals surface area (Å²) in [5, 5.41) is -0.704. The molecule has 0 aliphatic carbocycles. The van der Waals surface area contributed by atoms with E-state index in [1.54, 1.807) is 0 Å². The summed E-state index contributed by atoms with van der Waals surface area (Å²) in [5.74, 6) is -1.33. The Morgan fingerprint density at radius 3 is 2.55 bits per heavy atom. The highest BCUT2D eigenvalue weighted by Gasteiger charge is 2.33. The minimum absolute atomic E-state index is 0.0875. The second kappa shape index (κ2) is 5.86. The zero-order chi connectivity index (χ0) is 14.8. The summed E-state index contributed by atoms with van der Waals surface area (Å²) >= 11 is 0. The SMILES string of the molecule is NC(=O)C(NS(=O)(=O)C1CCOC1)c1ccc(F)cc1. The predicted octanol–water partition coefficient (Wildman–Crippen LogP) is 0.0604. The van der Waals surface area contributed by atoms with Gasteiger partial charge in [-0.2, -0.15) is 4.72 Å². The van der Waals surface area contributed by atoms with Crippen molar-refractivity contribution in [2.45, 2.75) is 17.7 Å². The summed E-state index contributed by atoms with van der Waals surface area (Å²) in [4.78, 5) is 11.4. The Morgan fingerprint density at radius 1 is 1.40 bits per heavy atom. The minimum Gasteiger partial charge on any atom is -0.380 e. The Bertz CT molecular complexity index is 582.